The van der Waals surface area contributed by atoms with E-state index in [0.29, 0.717) is 29.8 Å². The minimum Gasteiger partial charge on any atom is -0.465 e. The first-order valence-electron chi connectivity index (χ1n) is 9.02. The number of nitrogen functional groups attached to an aromatic ring is 2. The van der Waals surface area contributed by atoms with Crippen LogP contribution in [0.1, 0.15) is 13.3 Å². The maximum Gasteiger partial charge on any atom is 0.404 e. The summed E-state index contributed by atoms with van der Waals surface area (Å²) >= 11 is 0. The predicted molar refractivity (Wildman–Crippen MR) is 107 cm³/mol. The largest absolute Gasteiger partial charge is 0.465 e. The Balaban J connectivity index is 1.67. The number of fused-ring (bicyclic) bond motifs is 1. The molecule has 10 nitrogen and oxygen atoms in total. The number of hydrogen-bond donors (Lipinski definition) is 5. The highest BCUT2D eigenvalue weighted by Gasteiger charge is 2.27. The molecule has 1 aromatic carbocycles. The highest BCUT2D eigenvalue weighted by atomic mass is 16.4. The maximum atomic E-state index is 11.0. The van der Waals surface area contributed by atoms with E-state index in [9.17, 15) is 4.79 Å². The molecule has 1 amide bonds. The number of piperidine rings is 1. The van der Waals surface area contributed by atoms with Gasteiger partial charge in [0.25, 0.3) is 0 Å². The molecule has 0 aliphatic carbocycles. The van der Waals surface area contributed by atoms with Crippen LogP contribution in [0.25, 0.3) is 22.2 Å². The summed E-state index contributed by atoms with van der Waals surface area (Å²) < 4.78 is 0. The molecule has 0 radical (unpaired) electrons. The van der Waals surface area contributed by atoms with Gasteiger partial charge in [0, 0.05) is 30.1 Å². The number of aromatic nitrogens is 4. The van der Waals surface area contributed by atoms with Crippen molar-refractivity contribution < 1.29 is 9.90 Å². The lowest BCUT2D eigenvalue weighted by Crippen LogP contribution is -2.50. The summed E-state index contributed by atoms with van der Waals surface area (Å²) in [5, 5.41) is 19.4. The fourth-order valence-electron chi connectivity index (χ4n) is 3.78. The van der Waals surface area contributed by atoms with Gasteiger partial charge in [0.05, 0.1) is 17.3 Å². The van der Waals surface area contributed by atoms with E-state index < -0.39 is 6.09 Å². The average Bonchev–Trinajstić information content (AvgIpc) is 3.00. The molecule has 0 saturated carbocycles. The van der Waals surface area contributed by atoms with Crippen LogP contribution in [0.3, 0.4) is 0 Å². The van der Waals surface area contributed by atoms with Crippen LogP contribution in [-0.4, -0.2) is 50.5 Å². The van der Waals surface area contributed by atoms with Crippen molar-refractivity contribution in [1.82, 2.24) is 25.5 Å². The molecule has 10 heteroatoms. The van der Waals surface area contributed by atoms with Crippen LogP contribution in [-0.2, 0) is 0 Å². The molecule has 1 saturated heterocycles. The zero-order valence-electron chi connectivity index (χ0n) is 15.4. The van der Waals surface area contributed by atoms with Crippen molar-refractivity contribution in [2.24, 2.45) is 5.92 Å². The summed E-state index contributed by atoms with van der Waals surface area (Å²) in [5.41, 5.74) is 14.1. The van der Waals surface area contributed by atoms with Gasteiger partial charge in [-0.1, -0.05) is 13.0 Å². The highest BCUT2D eigenvalue weighted by molar-refractivity contribution is 5.91. The third kappa shape index (κ3) is 3.48. The van der Waals surface area contributed by atoms with Crippen LogP contribution >= 0.6 is 0 Å². The summed E-state index contributed by atoms with van der Waals surface area (Å²) in [7, 11) is 0. The number of carboxylic acid groups (broad SMARTS) is 1. The van der Waals surface area contributed by atoms with Crippen LogP contribution in [0.15, 0.2) is 24.3 Å². The van der Waals surface area contributed by atoms with Gasteiger partial charge in [-0.15, -0.1) is 0 Å². The molecule has 0 spiro atoms. The Labute approximate surface area is 161 Å². The number of amides is 1. The van der Waals surface area contributed by atoms with Gasteiger partial charge in [-0.2, -0.15) is 10.1 Å². The summed E-state index contributed by atoms with van der Waals surface area (Å²) in [5.74, 6) is 1.60. The number of H-pyrrole nitrogens is 1. The van der Waals surface area contributed by atoms with Crippen molar-refractivity contribution in [1.29, 1.82) is 0 Å². The maximum absolute atomic E-state index is 11.0. The van der Waals surface area contributed by atoms with Crippen molar-refractivity contribution in [3.63, 3.8) is 0 Å². The van der Waals surface area contributed by atoms with Crippen LogP contribution < -0.4 is 21.7 Å². The van der Waals surface area contributed by atoms with E-state index in [1.807, 2.05) is 29.2 Å². The molecule has 146 valence electrons. The second-order valence-electron chi connectivity index (χ2n) is 7.23. The van der Waals surface area contributed by atoms with Crippen LogP contribution in [0.5, 0.6) is 0 Å². The molecular weight excluding hydrogens is 360 g/mol. The Kier molecular flexibility index (Phi) is 4.38. The fraction of sp³-hybridized carbons (Fsp3) is 0.333. The Morgan fingerprint density at radius 3 is 2.89 bits per heavy atom. The Morgan fingerprint density at radius 1 is 1.29 bits per heavy atom. The smallest absolute Gasteiger partial charge is 0.404 e. The second-order valence-corrected chi connectivity index (χ2v) is 7.23. The third-order valence-corrected chi connectivity index (χ3v) is 4.93. The van der Waals surface area contributed by atoms with Crippen LogP contribution in [0, 0.1) is 5.92 Å². The monoisotopic (exact) mass is 382 g/mol. The third-order valence-electron chi connectivity index (χ3n) is 4.93. The number of rotatable bonds is 3. The molecule has 1 aliphatic heterocycles. The lowest BCUT2D eigenvalue weighted by atomic mass is 9.96. The topological polar surface area (TPSA) is 159 Å². The van der Waals surface area contributed by atoms with Gasteiger partial charge in [-0.05, 0) is 24.5 Å². The first-order chi connectivity index (χ1) is 13.4. The van der Waals surface area contributed by atoms with Gasteiger partial charge in [-0.25, -0.2) is 9.78 Å². The van der Waals surface area contributed by atoms with E-state index >= 15 is 0 Å². The van der Waals surface area contributed by atoms with Gasteiger partial charge < -0.3 is 26.8 Å². The van der Waals surface area contributed by atoms with E-state index in [1.165, 1.54) is 0 Å². The SMILES string of the molecule is C[C@@H]1C[C@@H](NC(=O)O)CN(c2cc(-c3ccc4c(N)n[nH]c4c3)nc(N)n2)C1. The van der Waals surface area contributed by atoms with Gasteiger partial charge >= 0.3 is 6.09 Å². The Hall–Kier alpha value is -3.56. The molecule has 3 aromatic rings. The zero-order valence-corrected chi connectivity index (χ0v) is 15.4. The lowest BCUT2D eigenvalue weighted by molar-refractivity contribution is 0.186. The zero-order chi connectivity index (χ0) is 19.8. The molecular formula is C18H22N8O2. The first kappa shape index (κ1) is 17.8. The molecule has 4 rings (SSSR count). The quantitative estimate of drug-likeness (QED) is 0.457. The highest BCUT2D eigenvalue weighted by Crippen LogP contribution is 2.29. The molecule has 1 fully saturated rings. The molecule has 28 heavy (non-hydrogen) atoms. The average molecular weight is 382 g/mol. The van der Waals surface area contributed by atoms with Crippen molar-refractivity contribution in [2.45, 2.75) is 19.4 Å². The molecule has 3 heterocycles. The predicted octanol–water partition coefficient (Wildman–Crippen LogP) is 1.67. The fourth-order valence-corrected chi connectivity index (χ4v) is 3.78. The van der Waals surface area contributed by atoms with Crippen LogP contribution in [0.2, 0.25) is 0 Å². The number of nitrogens with zero attached hydrogens (tertiary/aromatic N) is 4. The van der Waals surface area contributed by atoms with E-state index in [0.717, 1.165) is 29.4 Å². The number of benzene rings is 1. The molecule has 0 unspecified atom stereocenters. The Morgan fingerprint density at radius 2 is 2.11 bits per heavy atom. The molecule has 2 aromatic heterocycles. The standard InChI is InChI=1S/C18H22N8O2/c1-9-4-11(21-18(27)28)8-26(7-9)15-6-13(22-17(20)23-15)10-2-3-12-14(5-10)24-25-16(12)19/h2-3,5-6,9,11,21H,4,7-8H2,1H3,(H,27,28)(H3,19,24,25)(H2,20,22,23)/t9-,11-/m1/s1. The van der Waals surface area contributed by atoms with Gasteiger partial charge in [-0.3, -0.25) is 5.10 Å². The minimum atomic E-state index is -1.02. The number of carbonyl (C=O) groups is 1. The van der Waals surface area contributed by atoms with Gasteiger partial charge in [0.15, 0.2) is 5.82 Å². The van der Waals surface area contributed by atoms with Gasteiger partial charge in [0.1, 0.15) is 5.82 Å². The van der Waals surface area contributed by atoms with Crippen molar-refractivity contribution in [2.75, 3.05) is 29.5 Å². The number of hydrogen-bond acceptors (Lipinski definition) is 7. The van der Waals surface area contributed by atoms with E-state index in [2.05, 4.69) is 32.4 Å². The second kappa shape index (κ2) is 6.87. The van der Waals surface area contributed by atoms with Crippen LogP contribution in [0.4, 0.5) is 22.4 Å². The number of nitrogens with two attached hydrogens (primary N) is 2. The van der Waals surface area contributed by atoms with Crippen molar-refractivity contribution in [3.05, 3.63) is 24.3 Å². The molecule has 7 N–H and O–H groups in total. The van der Waals surface area contributed by atoms with E-state index in [1.54, 1.807) is 0 Å². The lowest BCUT2D eigenvalue weighted by Gasteiger charge is -2.37. The molecule has 2 atom stereocenters. The van der Waals surface area contributed by atoms with Crippen molar-refractivity contribution in [3.8, 4) is 11.3 Å². The first-order valence-corrected chi connectivity index (χ1v) is 9.02. The van der Waals surface area contributed by atoms with Gasteiger partial charge in [0.2, 0.25) is 5.95 Å². The van der Waals surface area contributed by atoms with E-state index in [-0.39, 0.29) is 12.0 Å². The number of nitrogens with one attached hydrogen (secondary N) is 2. The van der Waals surface area contributed by atoms with Crippen molar-refractivity contribution >= 4 is 34.6 Å². The molecule has 0 bridgehead atoms. The normalized spacial score (nSPS) is 19.7. The molecule has 1 aliphatic rings. The summed E-state index contributed by atoms with van der Waals surface area (Å²) in [6.45, 7) is 3.39. The number of anilines is 3. The summed E-state index contributed by atoms with van der Waals surface area (Å²) in [6, 6.07) is 7.42. The summed E-state index contributed by atoms with van der Waals surface area (Å²) in [6.07, 6.45) is -0.234. The number of aromatic amines is 1. The Bertz CT molecular complexity index is 1030. The minimum absolute atomic E-state index is 0.162. The van der Waals surface area contributed by atoms with E-state index in [4.69, 9.17) is 16.6 Å². The summed E-state index contributed by atoms with van der Waals surface area (Å²) in [4.78, 5) is 21.8.